The van der Waals surface area contributed by atoms with E-state index in [0.717, 1.165) is 56.2 Å². The lowest BCUT2D eigenvalue weighted by Crippen LogP contribution is -2.39. The quantitative estimate of drug-likeness (QED) is 0.0532. The maximum atomic E-state index is 9.45. The molecule has 1 saturated heterocycles. The highest BCUT2D eigenvalue weighted by atomic mass is 31.2. The number of benzene rings is 3. The summed E-state index contributed by atoms with van der Waals surface area (Å²) in [7, 11) is 1.70. The number of methoxy groups -OCH3 is 2. The SMILES string of the molecule is COc1ccc(C(OC[C@H]2O[C@@H](n3cc4c5c(ncnc53)Nc3ncccc3-4)C[C@@H]2OP(OCCC#N)N(C(C)C)C(C)C)(c2ccccc2)c2ccc(OC)cc2)cc1. The first-order valence-corrected chi connectivity index (χ1v) is 21.4. The first kappa shape index (κ1) is 41.3. The van der Waals surface area contributed by atoms with Gasteiger partial charge in [0.25, 0.3) is 8.53 Å². The van der Waals surface area contributed by atoms with Gasteiger partial charge in [-0.2, -0.15) is 5.26 Å². The van der Waals surface area contributed by atoms with Gasteiger partial charge in [-0.1, -0.05) is 54.6 Å². The van der Waals surface area contributed by atoms with Crippen LogP contribution >= 0.6 is 8.53 Å². The molecule has 0 bridgehead atoms. The highest BCUT2D eigenvalue weighted by molar-refractivity contribution is 7.44. The van der Waals surface area contributed by atoms with Gasteiger partial charge in [-0.05, 0) is 80.8 Å². The number of nitrogens with one attached hydrogen (secondary N) is 1. The Morgan fingerprint density at radius 3 is 2.15 bits per heavy atom. The summed E-state index contributed by atoms with van der Waals surface area (Å²) in [5.74, 6) is 2.90. The van der Waals surface area contributed by atoms with Crippen LogP contribution in [-0.2, 0) is 24.1 Å². The van der Waals surface area contributed by atoms with Crippen molar-refractivity contribution in [3.8, 4) is 28.7 Å². The Balaban J connectivity index is 1.22. The van der Waals surface area contributed by atoms with Gasteiger partial charge in [0.05, 0.1) is 51.4 Å². The number of rotatable bonds is 17. The maximum absolute atomic E-state index is 9.45. The molecule has 4 atom stereocenters. The number of anilines is 2. The van der Waals surface area contributed by atoms with Crippen molar-refractivity contribution in [2.45, 2.75) is 76.7 Å². The van der Waals surface area contributed by atoms with E-state index in [-0.39, 0.29) is 31.7 Å². The van der Waals surface area contributed by atoms with Crippen LogP contribution in [0.3, 0.4) is 0 Å². The lowest BCUT2D eigenvalue weighted by molar-refractivity contribution is -0.0911. The molecule has 3 aromatic carbocycles. The minimum atomic E-state index is -1.62. The topological polar surface area (TPSA) is 138 Å². The molecule has 6 aromatic rings. The summed E-state index contributed by atoms with van der Waals surface area (Å²) in [6.07, 6.45) is 4.58. The third-order valence-corrected chi connectivity index (χ3v) is 13.1. The van der Waals surface area contributed by atoms with E-state index < -0.39 is 32.6 Å². The molecule has 1 fully saturated rings. The largest absolute Gasteiger partial charge is 0.497 e. The molecule has 13 nitrogen and oxygen atoms in total. The summed E-state index contributed by atoms with van der Waals surface area (Å²) in [6, 6.07) is 32.6. The first-order chi connectivity index (χ1) is 29.2. The Bertz CT molecular complexity index is 2370. The van der Waals surface area contributed by atoms with Crippen LogP contribution in [0.25, 0.3) is 22.2 Å². The van der Waals surface area contributed by atoms with Crippen molar-refractivity contribution < 1.29 is 28.0 Å². The number of hydrogen-bond donors (Lipinski definition) is 1. The van der Waals surface area contributed by atoms with Gasteiger partial charge < -0.3 is 37.9 Å². The second kappa shape index (κ2) is 18.0. The van der Waals surface area contributed by atoms with Crippen molar-refractivity contribution in [3.05, 3.63) is 126 Å². The van der Waals surface area contributed by atoms with Crippen LogP contribution in [-0.4, -0.2) is 75.9 Å². The van der Waals surface area contributed by atoms with Gasteiger partial charge in [0.2, 0.25) is 0 Å². The molecule has 1 N–H and O–H groups in total. The lowest BCUT2D eigenvalue weighted by atomic mass is 9.80. The van der Waals surface area contributed by atoms with Gasteiger partial charge in [-0.15, -0.1) is 0 Å². The van der Waals surface area contributed by atoms with E-state index in [1.54, 1.807) is 26.7 Å². The third kappa shape index (κ3) is 7.95. The number of nitriles is 1. The molecular formula is C46H50N7O6P. The van der Waals surface area contributed by atoms with E-state index in [0.29, 0.717) is 12.2 Å². The van der Waals surface area contributed by atoms with E-state index in [9.17, 15) is 5.26 Å². The fourth-order valence-corrected chi connectivity index (χ4v) is 10.0. The normalized spacial score (nSPS) is 17.8. The van der Waals surface area contributed by atoms with Gasteiger partial charge in [-0.3, -0.25) is 0 Å². The van der Waals surface area contributed by atoms with Crippen molar-refractivity contribution in [3.63, 3.8) is 0 Å². The summed E-state index contributed by atoms with van der Waals surface area (Å²) in [5, 5.41) is 13.7. The Morgan fingerprint density at radius 1 is 0.850 bits per heavy atom. The Hall–Kier alpha value is -5.45. The molecule has 310 valence electrons. The predicted octanol–water partition coefficient (Wildman–Crippen LogP) is 9.52. The van der Waals surface area contributed by atoms with Gasteiger partial charge in [0.15, 0.2) is 0 Å². The smallest absolute Gasteiger partial charge is 0.259 e. The summed E-state index contributed by atoms with van der Waals surface area (Å²) in [5.41, 5.74) is 4.32. The molecular weight excluding hydrogens is 778 g/mol. The van der Waals surface area contributed by atoms with Crippen LogP contribution in [0.4, 0.5) is 11.6 Å². The van der Waals surface area contributed by atoms with E-state index >= 15 is 0 Å². The summed E-state index contributed by atoms with van der Waals surface area (Å²) >= 11 is 0. The zero-order valence-corrected chi connectivity index (χ0v) is 35.6. The summed E-state index contributed by atoms with van der Waals surface area (Å²) in [6.45, 7) is 8.91. The third-order valence-electron chi connectivity index (χ3n) is 11.0. The molecule has 0 aliphatic carbocycles. The second-order valence-corrected chi connectivity index (χ2v) is 16.7. The first-order valence-electron chi connectivity index (χ1n) is 20.2. The zero-order chi connectivity index (χ0) is 41.8. The fraction of sp³-hybridized carbons (Fsp3) is 0.348. The van der Waals surface area contributed by atoms with Crippen molar-refractivity contribution in [2.75, 3.05) is 32.8 Å². The van der Waals surface area contributed by atoms with Gasteiger partial charge in [0.1, 0.15) is 53.0 Å². The van der Waals surface area contributed by atoms with Crippen LogP contribution in [0.2, 0.25) is 0 Å². The van der Waals surface area contributed by atoms with Crippen LogP contribution in [0.5, 0.6) is 11.5 Å². The highest BCUT2D eigenvalue weighted by Gasteiger charge is 2.45. The van der Waals surface area contributed by atoms with E-state index in [1.807, 2.05) is 78.9 Å². The number of aromatic nitrogens is 4. The molecule has 60 heavy (non-hydrogen) atoms. The molecule has 3 aromatic heterocycles. The second-order valence-electron chi connectivity index (χ2n) is 15.3. The minimum absolute atomic E-state index is 0.107. The van der Waals surface area contributed by atoms with Crippen LogP contribution in [0.1, 0.15) is 63.5 Å². The van der Waals surface area contributed by atoms with Crippen LogP contribution < -0.4 is 14.8 Å². The zero-order valence-electron chi connectivity index (χ0n) is 34.7. The molecule has 14 heteroatoms. The van der Waals surface area contributed by atoms with Crippen molar-refractivity contribution in [1.29, 1.82) is 5.26 Å². The lowest BCUT2D eigenvalue weighted by Gasteiger charge is -2.39. The molecule has 8 rings (SSSR count). The van der Waals surface area contributed by atoms with Crippen molar-refractivity contribution in [1.82, 2.24) is 24.2 Å². The number of pyridine rings is 1. The number of fused-ring (bicyclic) bond motifs is 2. The number of nitrogens with zero attached hydrogens (tertiary/aromatic N) is 6. The molecule has 1 unspecified atom stereocenters. The molecule has 0 amide bonds. The van der Waals surface area contributed by atoms with Gasteiger partial charge in [0, 0.05) is 42.0 Å². The van der Waals surface area contributed by atoms with Gasteiger partial charge in [-0.25, -0.2) is 19.6 Å². The molecule has 5 heterocycles. The highest BCUT2D eigenvalue weighted by Crippen LogP contribution is 2.52. The van der Waals surface area contributed by atoms with E-state index in [2.05, 4.69) is 76.6 Å². The Kier molecular flexibility index (Phi) is 12.4. The number of hydrogen-bond acceptors (Lipinski definition) is 12. The van der Waals surface area contributed by atoms with Crippen LogP contribution in [0, 0.1) is 11.3 Å². The predicted molar refractivity (Wildman–Crippen MR) is 231 cm³/mol. The standard InChI is InChI=1S/C46H50N7O6P/c1-30(2)53(31(3)4)60(57-25-11-23-47)59-39-26-41(52-27-38-37-14-10-24-48-43(37)51-44-42(38)45(52)50-29-49-44)58-40(39)28-56-46(32-12-8-7-9-13-32,33-15-19-35(54-5)20-16-33)34-17-21-36(55-6)22-18-34/h7-10,12-22,24,27,29-31,39-41H,11,25-26,28H2,1-6H3,(H,48,49,50,51)/t39-,40+,41+,60?/m0/s1. The summed E-state index contributed by atoms with van der Waals surface area (Å²) in [4.78, 5) is 14.0. The van der Waals surface area contributed by atoms with E-state index in [4.69, 9.17) is 33.0 Å². The van der Waals surface area contributed by atoms with E-state index in [1.165, 1.54) is 0 Å². The molecule has 0 radical (unpaired) electrons. The molecule has 2 aliphatic rings. The molecule has 0 spiro atoms. The Morgan fingerprint density at radius 2 is 1.52 bits per heavy atom. The molecule has 0 saturated carbocycles. The van der Waals surface area contributed by atoms with Gasteiger partial charge >= 0.3 is 0 Å². The number of ether oxygens (including phenoxy) is 4. The average molecular weight is 828 g/mol. The Labute approximate surface area is 352 Å². The molecule has 2 aliphatic heterocycles. The maximum Gasteiger partial charge on any atom is 0.259 e. The fourth-order valence-electron chi connectivity index (χ4n) is 8.26. The summed E-state index contributed by atoms with van der Waals surface area (Å²) < 4.78 is 43.6. The van der Waals surface area contributed by atoms with Crippen LogP contribution in [0.15, 0.2) is 110 Å². The van der Waals surface area contributed by atoms with Crippen molar-refractivity contribution in [2.24, 2.45) is 0 Å². The van der Waals surface area contributed by atoms with Crippen molar-refractivity contribution >= 4 is 31.2 Å². The minimum Gasteiger partial charge on any atom is -0.497 e. The average Bonchev–Trinajstić information content (AvgIpc) is 3.87. The monoisotopic (exact) mass is 827 g/mol.